The minimum absolute atomic E-state index is 0.0554. The molecule has 1 saturated heterocycles. The number of carbonyl (C=O) groups is 1. The standard InChI is InChI=1S/C27H29Cl2N3O4S/c1-3-36-24-10-8-23(9-11-24)32(37(34,35)25-12-6-21(28)7-13-25)19-27(33)31-16-14-30(15-17-31)26-18-22(29)5-4-20(26)2/h4-13,18H,3,14-17,19H2,1-2H3. The van der Waals surface area contributed by atoms with E-state index in [1.165, 1.54) is 24.3 Å². The van der Waals surface area contributed by atoms with Crippen molar-refractivity contribution < 1.29 is 17.9 Å². The smallest absolute Gasteiger partial charge is 0.264 e. The van der Waals surface area contributed by atoms with Crippen LogP contribution in [0.5, 0.6) is 5.75 Å². The van der Waals surface area contributed by atoms with Crippen molar-refractivity contribution in [2.75, 3.05) is 48.5 Å². The minimum atomic E-state index is -4.03. The fourth-order valence-electron chi connectivity index (χ4n) is 4.27. The molecule has 0 aliphatic carbocycles. The third-order valence-electron chi connectivity index (χ3n) is 6.26. The van der Waals surface area contributed by atoms with Gasteiger partial charge in [0.25, 0.3) is 10.0 Å². The van der Waals surface area contributed by atoms with Gasteiger partial charge < -0.3 is 14.5 Å². The lowest BCUT2D eigenvalue weighted by Gasteiger charge is -2.37. The molecule has 0 N–H and O–H groups in total. The zero-order valence-corrected chi connectivity index (χ0v) is 23.1. The third-order valence-corrected chi connectivity index (χ3v) is 8.54. The maximum absolute atomic E-state index is 13.6. The quantitative estimate of drug-likeness (QED) is 0.376. The van der Waals surface area contributed by atoms with Gasteiger partial charge in [-0.05, 0) is 80.1 Å². The molecule has 1 aliphatic rings. The number of sulfonamides is 1. The summed E-state index contributed by atoms with van der Waals surface area (Å²) in [4.78, 5) is 17.3. The Balaban J connectivity index is 1.54. The second kappa shape index (κ2) is 11.6. The zero-order chi connectivity index (χ0) is 26.6. The van der Waals surface area contributed by atoms with Gasteiger partial charge in [-0.3, -0.25) is 9.10 Å². The van der Waals surface area contributed by atoms with Crippen molar-refractivity contribution in [2.24, 2.45) is 0 Å². The fourth-order valence-corrected chi connectivity index (χ4v) is 5.97. The maximum atomic E-state index is 13.6. The monoisotopic (exact) mass is 561 g/mol. The number of ether oxygens (including phenoxy) is 1. The zero-order valence-electron chi connectivity index (χ0n) is 20.7. The molecule has 0 unspecified atom stereocenters. The van der Waals surface area contributed by atoms with Crippen LogP contribution in [-0.4, -0.2) is 58.6 Å². The molecule has 7 nitrogen and oxygen atoms in total. The van der Waals surface area contributed by atoms with E-state index in [1.807, 2.05) is 32.0 Å². The third kappa shape index (κ3) is 6.32. The summed E-state index contributed by atoms with van der Waals surface area (Å²) in [6.45, 7) is 6.27. The van der Waals surface area contributed by atoms with Crippen LogP contribution >= 0.6 is 23.2 Å². The van der Waals surface area contributed by atoms with E-state index >= 15 is 0 Å². The summed E-state index contributed by atoms with van der Waals surface area (Å²) >= 11 is 12.2. The van der Waals surface area contributed by atoms with Crippen molar-refractivity contribution in [1.82, 2.24) is 4.90 Å². The van der Waals surface area contributed by atoms with Crippen LogP contribution in [0.3, 0.4) is 0 Å². The molecule has 3 aromatic carbocycles. The van der Waals surface area contributed by atoms with Crippen LogP contribution in [0.2, 0.25) is 10.0 Å². The Kier molecular flexibility index (Phi) is 8.52. The largest absolute Gasteiger partial charge is 0.494 e. The second-order valence-electron chi connectivity index (χ2n) is 8.69. The first-order chi connectivity index (χ1) is 17.7. The first kappa shape index (κ1) is 27.1. The van der Waals surface area contributed by atoms with E-state index in [9.17, 15) is 13.2 Å². The van der Waals surface area contributed by atoms with E-state index in [1.54, 1.807) is 29.2 Å². The molecule has 0 atom stereocenters. The highest BCUT2D eigenvalue weighted by Gasteiger charge is 2.30. The lowest BCUT2D eigenvalue weighted by molar-refractivity contribution is -0.129. The van der Waals surface area contributed by atoms with Gasteiger partial charge in [0.1, 0.15) is 12.3 Å². The molecular weight excluding hydrogens is 533 g/mol. The van der Waals surface area contributed by atoms with Crippen LogP contribution < -0.4 is 13.9 Å². The molecule has 4 rings (SSSR count). The molecule has 196 valence electrons. The van der Waals surface area contributed by atoms with Gasteiger partial charge >= 0.3 is 0 Å². The molecule has 0 bridgehead atoms. The number of hydrogen-bond acceptors (Lipinski definition) is 5. The van der Waals surface area contributed by atoms with Crippen LogP contribution in [0.15, 0.2) is 71.6 Å². The van der Waals surface area contributed by atoms with Crippen LogP contribution in [-0.2, 0) is 14.8 Å². The Morgan fingerprint density at radius 2 is 1.54 bits per heavy atom. The first-order valence-corrected chi connectivity index (χ1v) is 14.2. The van der Waals surface area contributed by atoms with Gasteiger partial charge in [0.15, 0.2) is 0 Å². The topological polar surface area (TPSA) is 70.2 Å². The minimum Gasteiger partial charge on any atom is -0.494 e. The number of amides is 1. The van der Waals surface area contributed by atoms with E-state index in [0.29, 0.717) is 54.3 Å². The molecule has 0 radical (unpaired) electrons. The molecule has 1 fully saturated rings. The van der Waals surface area contributed by atoms with Gasteiger partial charge in [0.05, 0.1) is 17.2 Å². The van der Waals surface area contributed by atoms with E-state index in [4.69, 9.17) is 27.9 Å². The number of piperazine rings is 1. The van der Waals surface area contributed by atoms with E-state index < -0.39 is 10.0 Å². The van der Waals surface area contributed by atoms with Crippen molar-refractivity contribution in [3.63, 3.8) is 0 Å². The lowest BCUT2D eigenvalue weighted by Crippen LogP contribution is -2.52. The first-order valence-electron chi connectivity index (χ1n) is 12.0. The average Bonchev–Trinajstić information content (AvgIpc) is 2.89. The van der Waals surface area contributed by atoms with Crippen molar-refractivity contribution in [2.45, 2.75) is 18.7 Å². The lowest BCUT2D eigenvalue weighted by atomic mass is 10.1. The summed E-state index contributed by atoms with van der Waals surface area (Å²) in [5.74, 6) is 0.350. The number of nitrogens with zero attached hydrogens (tertiary/aromatic N) is 3. The highest BCUT2D eigenvalue weighted by molar-refractivity contribution is 7.92. The predicted octanol–water partition coefficient (Wildman–Crippen LogP) is 5.24. The van der Waals surface area contributed by atoms with E-state index in [-0.39, 0.29) is 17.3 Å². The molecule has 1 heterocycles. The molecule has 1 aliphatic heterocycles. The van der Waals surface area contributed by atoms with Crippen LogP contribution in [0.25, 0.3) is 0 Å². The normalized spacial score (nSPS) is 13.9. The summed E-state index contributed by atoms with van der Waals surface area (Å²) in [5.41, 5.74) is 2.53. The second-order valence-corrected chi connectivity index (χ2v) is 11.4. The van der Waals surface area contributed by atoms with Crippen LogP contribution in [0.1, 0.15) is 12.5 Å². The molecule has 37 heavy (non-hydrogen) atoms. The molecule has 1 amide bonds. The fraction of sp³-hybridized carbons (Fsp3) is 0.296. The number of rotatable bonds is 8. The Bertz CT molecular complexity index is 1340. The van der Waals surface area contributed by atoms with E-state index in [2.05, 4.69) is 4.90 Å². The van der Waals surface area contributed by atoms with Crippen LogP contribution in [0.4, 0.5) is 11.4 Å². The SMILES string of the molecule is CCOc1ccc(N(CC(=O)N2CCN(c3cc(Cl)ccc3C)CC2)S(=O)(=O)c2ccc(Cl)cc2)cc1. The number of anilines is 2. The van der Waals surface area contributed by atoms with Crippen molar-refractivity contribution in [3.05, 3.63) is 82.3 Å². The van der Waals surface area contributed by atoms with E-state index in [0.717, 1.165) is 15.6 Å². The highest BCUT2D eigenvalue weighted by Crippen LogP contribution is 2.28. The Labute approximate surface area is 228 Å². The number of benzene rings is 3. The number of carbonyl (C=O) groups excluding carboxylic acids is 1. The summed E-state index contributed by atoms with van der Waals surface area (Å²) in [6.07, 6.45) is 0. The van der Waals surface area contributed by atoms with Gasteiger partial charge in [0, 0.05) is 41.9 Å². The number of halogens is 2. The van der Waals surface area contributed by atoms with Gasteiger partial charge in [-0.25, -0.2) is 8.42 Å². The van der Waals surface area contributed by atoms with Crippen LogP contribution in [0, 0.1) is 6.92 Å². The summed E-state index contributed by atoms with van der Waals surface area (Å²) in [5, 5.41) is 1.09. The summed E-state index contributed by atoms with van der Waals surface area (Å²) in [6, 6.07) is 18.4. The summed E-state index contributed by atoms with van der Waals surface area (Å²) < 4.78 is 33.9. The number of aryl methyl sites for hydroxylation is 1. The molecule has 0 spiro atoms. The Morgan fingerprint density at radius 3 is 2.16 bits per heavy atom. The Hall–Kier alpha value is -2.94. The van der Waals surface area contributed by atoms with Gasteiger partial charge in [0.2, 0.25) is 5.91 Å². The van der Waals surface area contributed by atoms with Crippen molar-refractivity contribution >= 4 is 50.5 Å². The van der Waals surface area contributed by atoms with Gasteiger partial charge in [-0.15, -0.1) is 0 Å². The van der Waals surface area contributed by atoms with Crippen molar-refractivity contribution in [3.8, 4) is 5.75 Å². The molecule has 10 heteroatoms. The molecular formula is C27H29Cl2N3O4S. The molecule has 0 saturated carbocycles. The number of hydrogen-bond donors (Lipinski definition) is 0. The highest BCUT2D eigenvalue weighted by atomic mass is 35.5. The molecule has 3 aromatic rings. The predicted molar refractivity (Wildman–Crippen MR) is 149 cm³/mol. The average molecular weight is 563 g/mol. The maximum Gasteiger partial charge on any atom is 0.264 e. The van der Waals surface area contributed by atoms with Gasteiger partial charge in [-0.2, -0.15) is 0 Å². The van der Waals surface area contributed by atoms with Crippen molar-refractivity contribution in [1.29, 1.82) is 0 Å². The Morgan fingerprint density at radius 1 is 0.919 bits per heavy atom. The molecule has 0 aromatic heterocycles. The van der Waals surface area contributed by atoms with Gasteiger partial charge in [-0.1, -0.05) is 29.3 Å². The summed E-state index contributed by atoms with van der Waals surface area (Å²) in [7, 11) is -4.03.